The van der Waals surface area contributed by atoms with E-state index in [0.29, 0.717) is 18.2 Å². The molecule has 1 aliphatic carbocycles. The van der Waals surface area contributed by atoms with Gasteiger partial charge in [0.25, 0.3) is 0 Å². The van der Waals surface area contributed by atoms with Crippen LogP contribution in [-0.4, -0.2) is 15.9 Å². The van der Waals surface area contributed by atoms with Crippen LogP contribution >= 0.6 is 0 Å². The lowest BCUT2D eigenvalue weighted by Crippen LogP contribution is -2.15. The Morgan fingerprint density at radius 2 is 1.96 bits per heavy atom. The third-order valence-corrected chi connectivity index (χ3v) is 4.73. The molecule has 1 aliphatic rings. The maximum Gasteiger partial charge on any atom is 0.321 e. The van der Waals surface area contributed by atoms with Crippen LogP contribution in [-0.2, 0) is 4.79 Å². The summed E-state index contributed by atoms with van der Waals surface area (Å²) in [6.07, 6.45) is 11.4. The fourth-order valence-corrected chi connectivity index (χ4v) is 3.31. The second-order valence-corrected chi connectivity index (χ2v) is 6.70. The van der Waals surface area contributed by atoms with E-state index in [1.165, 1.54) is 32.1 Å². The highest BCUT2D eigenvalue weighted by molar-refractivity contribution is 5.91. The number of nitrogens with zero attached hydrogens (tertiary/aromatic N) is 2. The summed E-state index contributed by atoms with van der Waals surface area (Å²) < 4.78 is 5.61. The number of ether oxygens (including phenoxy) is 1. The molecule has 1 fully saturated rings. The van der Waals surface area contributed by atoms with E-state index in [4.69, 9.17) is 4.74 Å². The highest BCUT2D eigenvalue weighted by atomic mass is 16.5. The van der Waals surface area contributed by atoms with Crippen LogP contribution in [0.4, 0.5) is 5.69 Å². The number of nitrogens with one attached hydrogen (secondary N) is 1. The van der Waals surface area contributed by atoms with Gasteiger partial charge in [0.2, 0.25) is 5.91 Å². The van der Waals surface area contributed by atoms with Gasteiger partial charge in [-0.25, -0.2) is 9.97 Å². The summed E-state index contributed by atoms with van der Waals surface area (Å²) in [6, 6.07) is 7.62. The van der Waals surface area contributed by atoms with Gasteiger partial charge < -0.3 is 10.1 Å². The zero-order chi connectivity index (χ0) is 17.5. The first-order chi connectivity index (χ1) is 12.2. The molecule has 3 rings (SSSR count). The molecule has 0 aliphatic heterocycles. The van der Waals surface area contributed by atoms with Crippen molar-refractivity contribution in [3.63, 3.8) is 0 Å². The number of aryl methyl sites for hydroxylation is 1. The van der Waals surface area contributed by atoms with Gasteiger partial charge in [0.05, 0.1) is 0 Å². The predicted molar refractivity (Wildman–Crippen MR) is 97.7 cm³/mol. The Morgan fingerprint density at radius 3 is 2.68 bits per heavy atom. The van der Waals surface area contributed by atoms with Crippen molar-refractivity contribution in [3.05, 3.63) is 42.2 Å². The fourth-order valence-electron chi connectivity index (χ4n) is 3.31. The molecule has 1 heterocycles. The van der Waals surface area contributed by atoms with Crippen LogP contribution in [0.5, 0.6) is 11.8 Å². The highest BCUT2D eigenvalue weighted by Crippen LogP contribution is 2.28. The number of carbonyl (C=O) groups is 1. The van der Waals surface area contributed by atoms with Crippen LogP contribution < -0.4 is 10.1 Å². The third-order valence-electron chi connectivity index (χ3n) is 4.73. The number of carbonyl (C=O) groups excluding carboxylic acids is 1. The van der Waals surface area contributed by atoms with Crippen molar-refractivity contribution in [1.29, 1.82) is 0 Å². The molecule has 1 saturated carbocycles. The van der Waals surface area contributed by atoms with E-state index in [1.54, 1.807) is 18.5 Å². The monoisotopic (exact) mass is 339 g/mol. The highest BCUT2D eigenvalue weighted by Gasteiger charge is 2.15. The number of benzene rings is 1. The maximum atomic E-state index is 12.2. The average molecular weight is 339 g/mol. The maximum absolute atomic E-state index is 12.2. The molecule has 0 unspecified atom stereocenters. The lowest BCUT2D eigenvalue weighted by molar-refractivity contribution is -0.116. The first kappa shape index (κ1) is 17.4. The van der Waals surface area contributed by atoms with Gasteiger partial charge in [-0.1, -0.05) is 32.1 Å². The fraction of sp³-hybridized carbons (Fsp3) is 0.450. The lowest BCUT2D eigenvalue weighted by atomic mass is 9.86. The summed E-state index contributed by atoms with van der Waals surface area (Å²) in [5, 5.41) is 3.02. The first-order valence-electron chi connectivity index (χ1n) is 9.06. The topological polar surface area (TPSA) is 64.1 Å². The Labute approximate surface area is 148 Å². The minimum absolute atomic E-state index is 0.0914. The number of hydrogen-bond acceptors (Lipinski definition) is 4. The largest absolute Gasteiger partial charge is 0.424 e. The van der Waals surface area contributed by atoms with Gasteiger partial charge in [-0.3, -0.25) is 4.79 Å². The summed E-state index contributed by atoms with van der Waals surface area (Å²) in [6.45, 7) is 1.95. The second kappa shape index (κ2) is 8.60. The molecule has 25 heavy (non-hydrogen) atoms. The van der Waals surface area contributed by atoms with Gasteiger partial charge >= 0.3 is 6.01 Å². The minimum atomic E-state index is 0.0914. The Morgan fingerprint density at radius 1 is 1.20 bits per heavy atom. The smallest absolute Gasteiger partial charge is 0.321 e. The van der Waals surface area contributed by atoms with E-state index >= 15 is 0 Å². The average Bonchev–Trinajstić information content (AvgIpc) is 2.64. The van der Waals surface area contributed by atoms with Crippen molar-refractivity contribution in [2.24, 2.45) is 5.92 Å². The summed E-state index contributed by atoms with van der Waals surface area (Å²) in [5.74, 6) is 1.47. The summed E-state index contributed by atoms with van der Waals surface area (Å²) >= 11 is 0. The van der Waals surface area contributed by atoms with Crippen LogP contribution in [0.15, 0.2) is 36.7 Å². The van der Waals surface area contributed by atoms with Crippen molar-refractivity contribution >= 4 is 11.6 Å². The molecule has 5 nitrogen and oxygen atoms in total. The Kier molecular flexibility index (Phi) is 5.99. The van der Waals surface area contributed by atoms with E-state index in [2.05, 4.69) is 15.3 Å². The molecule has 1 N–H and O–H groups in total. The second-order valence-electron chi connectivity index (χ2n) is 6.70. The zero-order valence-corrected chi connectivity index (χ0v) is 14.7. The van der Waals surface area contributed by atoms with Crippen LogP contribution in [0.2, 0.25) is 0 Å². The van der Waals surface area contributed by atoms with Gasteiger partial charge in [0.15, 0.2) is 0 Å². The van der Waals surface area contributed by atoms with Crippen LogP contribution in [0.1, 0.15) is 50.5 Å². The molecule has 0 atom stereocenters. The SMILES string of the molecule is Cc1cc(Oc2ncccn2)ccc1NC(=O)CCC1CCCCC1. The Hall–Kier alpha value is -2.43. The normalized spacial score (nSPS) is 14.9. The van der Waals surface area contributed by atoms with Crippen molar-refractivity contribution < 1.29 is 9.53 Å². The quantitative estimate of drug-likeness (QED) is 0.815. The third kappa shape index (κ3) is 5.28. The molecule has 0 radical (unpaired) electrons. The Bertz CT molecular complexity index is 697. The van der Waals surface area contributed by atoms with E-state index in [-0.39, 0.29) is 5.91 Å². The van der Waals surface area contributed by atoms with Crippen LogP contribution in [0, 0.1) is 12.8 Å². The van der Waals surface area contributed by atoms with Gasteiger partial charge in [-0.05, 0) is 49.1 Å². The molecule has 0 spiro atoms. The summed E-state index contributed by atoms with van der Waals surface area (Å²) in [7, 11) is 0. The van der Waals surface area contributed by atoms with Crippen molar-refractivity contribution in [3.8, 4) is 11.8 Å². The van der Waals surface area contributed by atoms with Gasteiger partial charge in [0, 0.05) is 24.5 Å². The predicted octanol–water partition coefficient (Wildman–Crippen LogP) is 4.88. The van der Waals surface area contributed by atoms with Gasteiger partial charge in [-0.2, -0.15) is 0 Å². The van der Waals surface area contributed by atoms with Crippen molar-refractivity contribution in [2.75, 3.05) is 5.32 Å². The standard InChI is InChI=1S/C20H25N3O2/c1-15-14-17(25-20-21-12-5-13-22-20)9-10-18(15)23-19(24)11-8-16-6-3-2-4-7-16/h5,9-10,12-14,16H,2-4,6-8,11H2,1H3,(H,23,24). The molecule has 2 aromatic rings. The zero-order valence-electron chi connectivity index (χ0n) is 14.7. The number of rotatable bonds is 6. The van der Waals surface area contributed by atoms with Gasteiger partial charge in [0.1, 0.15) is 5.75 Å². The molecule has 1 aromatic carbocycles. The van der Waals surface area contributed by atoms with E-state index < -0.39 is 0 Å². The molecular formula is C20H25N3O2. The Balaban J connectivity index is 1.52. The van der Waals surface area contributed by atoms with Gasteiger partial charge in [-0.15, -0.1) is 0 Å². The van der Waals surface area contributed by atoms with E-state index in [9.17, 15) is 4.79 Å². The number of anilines is 1. The summed E-state index contributed by atoms with van der Waals surface area (Å²) in [4.78, 5) is 20.3. The lowest BCUT2D eigenvalue weighted by Gasteiger charge is -2.21. The molecule has 1 aromatic heterocycles. The van der Waals surface area contributed by atoms with E-state index in [1.807, 2.05) is 25.1 Å². The molecule has 0 bridgehead atoms. The number of aromatic nitrogens is 2. The molecule has 0 saturated heterocycles. The molecule has 132 valence electrons. The minimum Gasteiger partial charge on any atom is -0.424 e. The molecule has 5 heteroatoms. The van der Waals surface area contributed by atoms with Crippen molar-refractivity contribution in [2.45, 2.75) is 51.9 Å². The van der Waals surface area contributed by atoms with Crippen LogP contribution in [0.25, 0.3) is 0 Å². The van der Waals surface area contributed by atoms with E-state index in [0.717, 1.165) is 23.6 Å². The van der Waals surface area contributed by atoms with Crippen molar-refractivity contribution in [1.82, 2.24) is 9.97 Å². The number of hydrogen-bond donors (Lipinski definition) is 1. The van der Waals surface area contributed by atoms with Crippen LogP contribution in [0.3, 0.4) is 0 Å². The molecule has 1 amide bonds. The molecular weight excluding hydrogens is 314 g/mol. The number of amides is 1. The first-order valence-corrected chi connectivity index (χ1v) is 9.06. The summed E-state index contributed by atoms with van der Waals surface area (Å²) in [5.41, 5.74) is 1.79.